The molecule has 26 heavy (non-hydrogen) atoms. The molecule has 0 unspecified atom stereocenters. The van der Waals surface area contributed by atoms with Gasteiger partial charge in [-0.3, -0.25) is 10.1 Å². The van der Waals surface area contributed by atoms with Crippen LogP contribution in [0.1, 0.15) is 31.1 Å². The SMILES string of the molecule is CC(C)(C)OC(=O)Nc1ccc(F)cc1NC(=O)c1cc(Br)ccc1Cl. The summed E-state index contributed by atoms with van der Waals surface area (Å²) >= 11 is 9.30. The van der Waals surface area contributed by atoms with E-state index in [4.69, 9.17) is 16.3 Å². The number of carbonyl (C=O) groups excluding carboxylic acids is 2. The molecule has 0 heterocycles. The van der Waals surface area contributed by atoms with Crippen molar-refractivity contribution in [3.05, 3.63) is 57.3 Å². The van der Waals surface area contributed by atoms with Crippen LogP contribution in [-0.4, -0.2) is 17.6 Å². The van der Waals surface area contributed by atoms with Crippen LogP contribution in [-0.2, 0) is 4.74 Å². The van der Waals surface area contributed by atoms with Crippen molar-refractivity contribution in [2.45, 2.75) is 26.4 Å². The molecular weight excluding hydrogens is 427 g/mol. The zero-order valence-corrected chi connectivity index (χ0v) is 16.7. The van der Waals surface area contributed by atoms with Crippen molar-refractivity contribution < 1.29 is 18.7 Å². The molecule has 0 spiro atoms. The first kappa shape index (κ1) is 20.2. The molecule has 0 radical (unpaired) electrons. The lowest BCUT2D eigenvalue weighted by Crippen LogP contribution is -2.27. The van der Waals surface area contributed by atoms with Crippen LogP contribution in [0, 0.1) is 5.82 Å². The summed E-state index contributed by atoms with van der Waals surface area (Å²) in [6.07, 6.45) is -0.722. The average Bonchev–Trinajstić information content (AvgIpc) is 2.50. The summed E-state index contributed by atoms with van der Waals surface area (Å²) in [5.74, 6) is -1.12. The van der Waals surface area contributed by atoms with Gasteiger partial charge in [0.25, 0.3) is 5.91 Å². The number of hydrogen-bond acceptors (Lipinski definition) is 3. The molecule has 2 N–H and O–H groups in total. The summed E-state index contributed by atoms with van der Waals surface area (Å²) in [5, 5.41) is 5.28. The number of benzene rings is 2. The van der Waals surface area contributed by atoms with Gasteiger partial charge in [-0.15, -0.1) is 0 Å². The fraction of sp³-hybridized carbons (Fsp3) is 0.222. The van der Waals surface area contributed by atoms with E-state index in [0.717, 1.165) is 12.1 Å². The fourth-order valence-corrected chi connectivity index (χ4v) is 2.57. The highest BCUT2D eigenvalue weighted by Crippen LogP contribution is 2.27. The summed E-state index contributed by atoms with van der Waals surface area (Å²) in [5.41, 5.74) is -0.220. The summed E-state index contributed by atoms with van der Waals surface area (Å²) in [4.78, 5) is 24.4. The van der Waals surface area contributed by atoms with Crippen LogP contribution in [0.3, 0.4) is 0 Å². The van der Waals surface area contributed by atoms with Gasteiger partial charge >= 0.3 is 6.09 Å². The number of amides is 2. The predicted molar refractivity (Wildman–Crippen MR) is 103 cm³/mol. The van der Waals surface area contributed by atoms with Crippen molar-refractivity contribution >= 4 is 50.9 Å². The van der Waals surface area contributed by atoms with Crippen molar-refractivity contribution in [2.24, 2.45) is 0 Å². The minimum Gasteiger partial charge on any atom is -0.444 e. The lowest BCUT2D eigenvalue weighted by molar-refractivity contribution is 0.0635. The lowest BCUT2D eigenvalue weighted by Gasteiger charge is -2.20. The number of nitrogens with one attached hydrogen (secondary N) is 2. The monoisotopic (exact) mass is 442 g/mol. The molecule has 2 aromatic rings. The van der Waals surface area contributed by atoms with Crippen molar-refractivity contribution in [1.82, 2.24) is 0 Å². The third-order valence-corrected chi connectivity index (χ3v) is 3.86. The Morgan fingerprint density at radius 1 is 1.08 bits per heavy atom. The molecule has 2 aromatic carbocycles. The maximum absolute atomic E-state index is 13.6. The second-order valence-electron chi connectivity index (χ2n) is 6.40. The number of halogens is 3. The van der Waals surface area contributed by atoms with Crippen molar-refractivity contribution in [1.29, 1.82) is 0 Å². The number of anilines is 2. The third-order valence-electron chi connectivity index (χ3n) is 3.04. The fourth-order valence-electron chi connectivity index (χ4n) is 2.00. The predicted octanol–water partition coefficient (Wildman–Crippen LogP) is 5.84. The van der Waals surface area contributed by atoms with Crippen molar-refractivity contribution in [3.63, 3.8) is 0 Å². The zero-order valence-electron chi connectivity index (χ0n) is 14.3. The highest BCUT2D eigenvalue weighted by molar-refractivity contribution is 9.10. The van der Waals surface area contributed by atoms with E-state index >= 15 is 0 Å². The zero-order chi connectivity index (χ0) is 19.5. The van der Waals surface area contributed by atoms with Crippen molar-refractivity contribution in [2.75, 3.05) is 10.6 Å². The third kappa shape index (κ3) is 5.71. The molecule has 138 valence electrons. The summed E-state index contributed by atoms with van der Waals surface area (Å²) in [6, 6.07) is 8.38. The molecule has 0 aliphatic heterocycles. The smallest absolute Gasteiger partial charge is 0.412 e. The van der Waals surface area contributed by atoms with Crippen LogP contribution in [0.15, 0.2) is 40.9 Å². The molecule has 0 saturated heterocycles. The van der Waals surface area contributed by atoms with Crippen molar-refractivity contribution in [3.8, 4) is 0 Å². The van der Waals surface area contributed by atoms with E-state index in [1.165, 1.54) is 12.1 Å². The molecule has 2 amide bonds. The largest absolute Gasteiger partial charge is 0.444 e. The molecule has 2 rings (SSSR count). The molecule has 0 saturated carbocycles. The van der Waals surface area contributed by atoms with Gasteiger partial charge in [-0.1, -0.05) is 27.5 Å². The Labute approximate surface area is 164 Å². The molecule has 0 atom stereocenters. The molecule has 0 aromatic heterocycles. The van der Waals surface area contributed by atoms with Gasteiger partial charge in [0, 0.05) is 4.47 Å². The normalized spacial score (nSPS) is 11.0. The standard InChI is InChI=1S/C18H17BrClFN2O3/c1-18(2,3)26-17(25)23-14-7-5-11(21)9-15(14)22-16(24)12-8-10(19)4-6-13(12)20/h4-9H,1-3H3,(H,22,24)(H,23,25). The van der Waals surface area contributed by atoms with E-state index in [2.05, 4.69) is 26.6 Å². The molecule has 5 nitrogen and oxygen atoms in total. The Hall–Kier alpha value is -2.12. The number of ether oxygens (including phenoxy) is 1. The number of hydrogen-bond donors (Lipinski definition) is 2. The molecule has 0 aliphatic rings. The Morgan fingerprint density at radius 2 is 1.77 bits per heavy atom. The van der Waals surface area contributed by atoms with Gasteiger partial charge in [0.05, 0.1) is 22.0 Å². The lowest BCUT2D eigenvalue weighted by atomic mass is 10.2. The highest BCUT2D eigenvalue weighted by Gasteiger charge is 2.19. The first-order valence-electron chi connectivity index (χ1n) is 7.61. The Kier molecular flexibility index (Phi) is 6.26. The first-order chi connectivity index (χ1) is 12.0. The Morgan fingerprint density at radius 3 is 2.42 bits per heavy atom. The summed E-state index contributed by atoms with van der Waals surface area (Å²) in [6.45, 7) is 5.15. The minimum absolute atomic E-state index is 0.0805. The van der Waals surface area contributed by atoms with Gasteiger partial charge in [0.2, 0.25) is 0 Å². The molecule has 0 fully saturated rings. The molecule has 8 heteroatoms. The number of carbonyl (C=O) groups is 2. The van der Waals surface area contributed by atoms with Crippen LogP contribution < -0.4 is 10.6 Å². The first-order valence-corrected chi connectivity index (χ1v) is 8.78. The number of rotatable bonds is 3. The van der Waals surface area contributed by atoms with Gasteiger partial charge in [0.1, 0.15) is 11.4 Å². The summed E-state index contributed by atoms with van der Waals surface area (Å²) in [7, 11) is 0. The Bertz CT molecular complexity index is 853. The quantitative estimate of drug-likeness (QED) is 0.626. The molecule has 0 aliphatic carbocycles. The minimum atomic E-state index is -0.722. The van der Waals surface area contributed by atoms with Gasteiger partial charge < -0.3 is 10.1 Å². The molecule has 0 bridgehead atoms. The van der Waals surface area contributed by atoms with E-state index in [0.29, 0.717) is 4.47 Å². The maximum atomic E-state index is 13.6. The second kappa shape index (κ2) is 8.05. The Balaban J connectivity index is 2.26. The highest BCUT2D eigenvalue weighted by atomic mass is 79.9. The van der Waals surface area contributed by atoms with Crippen LogP contribution in [0.25, 0.3) is 0 Å². The van der Waals surface area contributed by atoms with E-state index in [-0.39, 0.29) is 22.0 Å². The van der Waals surface area contributed by atoms with Crippen LogP contribution in [0.2, 0.25) is 5.02 Å². The van der Waals surface area contributed by atoms with E-state index < -0.39 is 23.4 Å². The van der Waals surface area contributed by atoms with E-state index in [1.54, 1.807) is 32.9 Å². The second-order valence-corrected chi connectivity index (χ2v) is 7.72. The van der Waals surface area contributed by atoms with E-state index in [1.807, 2.05) is 0 Å². The average molecular weight is 444 g/mol. The van der Waals surface area contributed by atoms with Gasteiger partial charge in [-0.05, 0) is 57.2 Å². The van der Waals surface area contributed by atoms with Crippen LogP contribution >= 0.6 is 27.5 Å². The van der Waals surface area contributed by atoms with Gasteiger partial charge in [0.15, 0.2) is 0 Å². The maximum Gasteiger partial charge on any atom is 0.412 e. The van der Waals surface area contributed by atoms with Crippen LogP contribution in [0.5, 0.6) is 0 Å². The van der Waals surface area contributed by atoms with E-state index in [9.17, 15) is 14.0 Å². The van der Waals surface area contributed by atoms with Crippen LogP contribution in [0.4, 0.5) is 20.6 Å². The topological polar surface area (TPSA) is 67.4 Å². The van der Waals surface area contributed by atoms with Gasteiger partial charge in [-0.25, -0.2) is 9.18 Å². The van der Waals surface area contributed by atoms with Gasteiger partial charge in [-0.2, -0.15) is 0 Å². The summed E-state index contributed by atoms with van der Waals surface area (Å²) < 4.78 is 19.5. The molecular formula is C18H17BrClFN2O3.